The molecule has 4 nitrogen and oxygen atoms in total. The summed E-state index contributed by atoms with van der Waals surface area (Å²) in [5.41, 5.74) is 7.49. The molecule has 6 heteroatoms. The fourth-order valence-corrected chi connectivity index (χ4v) is 1.99. The van der Waals surface area contributed by atoms with E-state index in [0.29, 0.717) is 22.3 Å². The molecule has 3 aromatic rings. The lowest BCUT2D eigenvalue weighted by molar-refractivity contribution is 0.628. The van der Waals surface area contributed by atoms with E-state index in [-0.39, 0.29) is 5.82 Å². The molecule has 2 heterocycles. The van der Waals surface area contributed by atoms with Crippen LogP contribution in [-0.2, 0) is 0 Å². The number of anilines is 1. The normalized spacial score (nSPS) is 11.0. The third-order valence-electron chi connectivity index (χ3n) is 2.64. The van der Waals surface area contributed by atoms with E-state index in [1.54, 1.807) is 28.7 Å². The molecule has 0 bridgehead atoms. The predicted octanol–water partition coefficient (Wildman–Crippen LogP) is 2.77. The van der Waals surface area contributed by atoms with Gasteiger partial charge < -0.3 is 5.73 Å². The summed E-state index contributed by atoms with van der Waals surface area (Å²) in [5.74, 6) is 0.223. The molecule has 0 saturated heterocycles. The lowest BCUT2D eigenvalue weighted by atomic mass is 10.2. The van der Waals surface area contributed by atoms with Crippen LogP contribution in [0, 0.1) is 5.82 Å². The van der Waals surface area contributed by atoms with Gasteiger partial charge in [0.05, 0.1) is 5.69 Å². The van der Waals surface area contributed by atoms with Gasteiger partial charge >= 0.3 is 0 Å². The van der Waals surface area contributed by atoms with Crippen LogP contribution in [-0.4, -0.2) is 14.6 Å². The summed E-state index contributed by atoms with van der Waals surface area (Å²) in [6.45, 7) is 0. The summed E-state index contributed by atoms with van der Waals surface area (Å²) in [7, 11) is 0. The van der Waals surface area contributed by atoms with Crippen molar-refractivity contribution in [1.82, 2.24) is 14.6 Å². The Balaban J connectivity index is 2.30. The first-order chi connectivity index (χ1) is 8.66. The van der Waals surface area contributed by atoms with Crippen molar-refractivity contribution in [2.24, 2.45) is 0 Å². The largest absolute Gasteiger partial charge is 0.396 e. The van der Waals surface area contributed by atoms with E-state index in [1.807, 2.05) is 0 Å². The van der Waals surface area contributed by atoms with Crippen LogP contribution in [0.3, 0.4) is 0 Å². The van der Waals surface area contributed by atoms with E-state index < -0.39 is 0 Å². The molecule has 0 spiro atoms. The van der Waals surface area contributed by atoms with E-state index >= 15 is 0 Å². The highest BCUT2D eigenvalue weighted by Crippen LogP contribution is 2.25. The zero-order chi connectivity index (χ0) is 12.7. The molecule has 0 fully saturated rings. The Kier molecular flexibility index (Phi) is 2.41. The highest BCUT2D eigenvalue weighted by Gasteiger charge is 2.12. The number of nitrogens with zero attached hydrogens (tertiary/aromatic N) is 3. The first-order valence-electron chi connectivity index (χ1n) is 5.22. The van der Waals surface area contributed by atoms with E-state index in [1.165, 1.54) is 12.1 Å². The van der Waals surface area contributed by atoms with Gasteiger partial charge in [-0.1, -0.05) is 11.6 Å². The van der Waals surface area contributed by atoms with Gasteiger partial charge in [-0.3, -0.25) is 4.40 Å². The summed E-state index contributed by atoms with van der Waals surface area (Å²) in [5, 5.41) is 8.48. The van der Waals surface area contributed by atoms with Gasteiger partial charge in [0.2, 0.25) is 0 Å². The van der Waals surface area contributed by atoms with Gasteiger partial charge in [0.1, 0.15) is 11.0 Å². The fourth-order valence-electron chi connectivity index (χ4n) is 1.77. The molecular formula is C12H8ClFN4. The Bertz CT molecular complexity index is 721. The molecule has 3 rings (SSSR count). The van der Waals surface area contributed by atoms with Crippen LogP contribution >= 0.6 is 11.6 Å². The molecule has 18 heavy (non-hydrogen) atoms. The molecular weight excluding hydrogens is 255 g/mol. The molecule has 0 amide bonds. The summed E-state index contributed by atoms with van der Waals surface area (Å²) in [6.07, 6.45) is 0. The summed E-state index contributed by atoms with van der Waals surface area (Å²) in [6, 6.07) is 9.28. The SMILES string of the molecule is Nc1ccc(Cl)n2c(-c3ccc(F)cc3)nnc12. The van der Waals surface area contributed by atoms with Crippen LogP contribution in [0.25, 0.3) is 17.0 Å². The molecule has 1 aromatic carbocycles. The second-order valence-corrected chi connectivity index (χ2v) is 4.19. The fraction of sp³-hybridized carbons (Fsp3) is 0. The van der Waals surface area contributed by atoms with Gasteiger partial charge in [0.15, 0.2) is 11.5 Å². The summed E-state index contributed by atoms with van der Waals surface area (Å²) >= 11 is 6.11. The van der Waals surface area contributed by atoms with Crippen LogP contribution < -0.4 is 5.73 Å². The molecule has 0 radical (unpaired) electrons. The van der Waals surface area contributed by atoms with Crippen LogP contribution in [0.2, 0.25) is 5.15 Å². The molecule has 0 saturated carbocycles. The number of rotatable bonds is 1. The quantitative estimate of drug-likeness (QED) is 0.686. The maximum atomic E-state index is 12.9. The maximum Gasteiger partial charge on any atom is 0.185 e. The van der Waals surface area contributed by atoms with Gasteiger partial charge in [-0.05, 0) is 36.4 Å². The van der Waals surface area contributed by atoms with E-state index in [0.717, 1.165) is 5.56 Å². The topological polar surface area (TPSA) is 56.2 Å². The number of hydrogen-bond donors (Lipinski definition) is 1. The van der Waals surface area contributed by atoms with Crippen LogP contribution in [0.4, 0.5) is 10.1 Å². The van der Waals surface area contributed by atoms with Gasteiger partial charge in [0.25, 0.3) is 0 Å². The minimum Gasteiger partial charge on any atom is -0.396 e. The number of aromatic nitrogens is 3. The van der Waals surface area contributed by atoms with Crippen molar-refractivity contribution < 1.29 is 4.39 Å². The monoisotopic (exact) mass is 262 g/mol. The number of nitrogens with two attached hydrogens (primary N) is 1. The third-order valence-corrected chi connectivity index (χ3v) is 2.93. The highest BCUT2D eigenvalue weighted by atomic mass is 35.5. The van der Waals surface area contributed by atoms with Gasteiger partial charge in [-0.2, -0.15) is 0 Å². The average molecular weight is 263 g/mol. The van der Waals surface area contributed by atoms with Gasteiger partial charge in [0, 0.05) is 5.56 Å². The number of benzene rings is 1. The molecule has 0 aliphatic carbocycles. The lowest BCUT2D eigenvalue weighted by Gasteiger charge is -2.03. The van der Waals surface area contributed by atoms with E-state index in [2.05, 4.69) is 10.2 Å². The average Bonchev–Trinajstić information content (AvgIpc) is 2.81. The zero-order valence-corrected chi connectivity index (χ0v) is 9.89. The maximum absolute atomic E-state index is 12.9. The first kappa shape index (κ1) is 11.0. The van der Waals surface area contributed by atoms with Gasteiger partial charge in [-0.25, -0.2) is 4.39 Å². The first-order valence-corrected chi connectivity index (χ1v) is 5.59. The summed E-state index contributed by atoms with van der Waals surface area (Å²) in [4.78, 5) is 0. The standard InChI is InChI=1S/C12H8ClFN4/c13-10-6-5-9(15)12-17-16-11(18(10)12)7-1-3-8(14)4-2-7/h1-6H,15H2. The Hall–Kier alpha value is -2.14. The van der Waals surface area contributed by atoms with Crippen LogP contribution in [0.1, 0.15) is 0 Å². The van der Waals surface area contributed by atoms with Crippen molar-refractivity contribution in [3.05, 3.63) is 47.4 Å². The Morgan fingerprint density at radius 3 is 2.50 bits per heavy atom. The van der Waals surface area contributed by atoms with Gasteiger partial charge in [-0.15, -0.1) is 10.2 Å². The number of fused-ring (bicyclic) bond motifs is 1. The van der Waals surface area contributed by atoms with Crippen molar-refractivity contribution in [3.63, 3.8) is 0 Å². The van der Waals surface area contributed by atoms with Crippen molar-refractivity contribution in [1.29, 1.82) is 0 Å². The number of pyridine rings is 1. The minimum atomic E-state index is -0.307. The van der Waals surface area contributed by atoms with E-state index in [4.69, 9.17) is 17.3 Å². The molecule has 0 aliphatic rings. The lowest BCUT2D eigenvalue weighted by Crippen LogP contribution is -1.95. The number of nitrogen functional groups attached to an aromatic ring is 1. The summed E-state index contributed by atoms with van der Waals surface area (Å²) < 4.78 is 14.5. The Labute approximate surface area is 107 Å². The minimum absolute atomic E-state index is 0.307. The number of hydrogen-bond acceptors (Lipinski definition) is 3. The van der Waals surface area contributed by atoms with Crippen LogP contribution in [0.15, 0.2) is 36.4 Å². The van der Waals surface area contributed by atoms with E-state index in [9.17, 15) is 4.39 Å². The Morgan fingerprint density at radius 2 is 1.78 bits per heavy atom. The second-order valence-electron chi connectivity index (χ2n) is 3.80. The van der Waals surface area contributed by atoms with Crippen molar-refractivity contribution in [2.45, 2.75) is 0 Å². The molecule has 0 unspecified atom stereocenters. The van der Waals surface area contributed by atoms with Crippen molar-refractivity contribution in [2.75, 3.05) is 5.73 Å². The second kappa shape index (κ2) is 3.96. The predicted molar refractivity (Wildman–Crippen MR) is 67.8 cm³/mol. The molecule has 90 valence electrons. The third kappa shape index (κ3) is 1.60. The molecule has 2 N–H and O–H groups in total. The molecule has 2 aromatic heterocycles. The van der Waals surface area contributed by atoms with Crippen molar-refractivity contribution in [3.8, 4) is 11.4 Å². The zero-order valence-electron chi connectivity index (χ0n) is 9.14. The van der Waals surface area contributed by atoms with Crippen molar-refractivity contribution >= 4 is 22.9 Å². The number of halogens is 2. The Morgan fingerprint density at radius 1 is 1.06 bits per heavy atom. The van der Waals surface area contributed by atoms with Crippen LogP contribution in [0.5, 0.6) is 0 Å². The molecule has 0 aliphatic heterocycles. The smallest absolute Gasteiger partial charge is 0.185 e. The molecule has 0 atom stereocenters. The highest BCUT2D eigenvalue weighted by molar-refractivity contribution is 6.30.